The number of thiazole rings is 1. The van der Waals surface area contributed by atoms with Crippen LogP contribution in [0.1, 0.15) is 36.2 Å². The molecule has 0 fully saturated rings. The van der Waals surface area contributed by atoms with Crippen LogP contribution < -0.4 is 10.1 Å². The highest BCUT2D eigenvalue weighted by Gasteiger charge is 2.17. The number of rotatable bonds is 5. The summed E-state index contributed by atoms with van der Waals surface area (Å²) in [5.41, 5.74) is 1.27. The Morgan fingerprint density at radius 3 is 2.50 bits per heavy atom. The zero-order valence-electron chi connectivity index (χ0n) is 12.4. The molecule has 0 atom stereocenters. The average Bonchev–Trinajstić information content (AvgIpc) is 2.88. The Kier molecular flexibility index (Phi) is 4.73. The number of ether oxygens (including phenoxy) is 1. The molecule has 0 aliphatic heterocycles. The predicted molar refractivity (Wildman–Crippen MR) is 82.1 cm³/mol. The number of nitrogens with one attached hydrogen (secondary N) is 1. The number of pyridine rings is 1. The summed E-state index contributed by atoms with van der Waals surface area (Å²) < 4.78 is 5.04. The van der Waals surface area contributed by atoms with Crippen LogP contribution >= 0.6 is 11.3 Å². The molecule has 0 saturated heterocycles. The standard InChI is InChI=1S/C15H21N3OS/c1-15(2,3)14-18-10-12(20-14)9-16-7-11-5-6-13(19-4)17-8-11/h5-6,8,10,16H,7,9H2,1-4H3. The van der Waals surface area contributed by atoms with Crippen molar-refractivity contribution in [3.8, 4) is 5.88 Å². The van der Waals surface area contributed by atoms with Crippen molar-refractivity contribution < 1.29 is 4.74 Å². The van der Waals surface area contributed by atoms with Gasteiger partial charge in [0.25, 0.3) is 0 Å². The lowest BCUT2D eigenvalue weighted by atomic mass is 9.98. The highest BCUT2D eigenvalue weighted by molar-refractivity contribution is 7.11. The highest BCUT2D eigenvalue weighted by Crippen LogP contribution is 2.26. The van der Waals surface area contributed by atoms with Gasteiger partial charge in [0.2, 0.25) is 5.88 Å². The van der Waals surface area contributed by atoms with Crippen LogP contribution in [0.2, 0.25) is 0 Å². The van der Waals surface area contributed by atoms with E-state index in [1.54, 1.807) is 18.4 Å². The van der Waals surface area contributed by atoms with Crippen molar-refractivity contribution in [2.24, 2.45) is 0 Å². The van der Waals surface area contributed by atoms with Crippen LogP contribution in [0.4, 0.5) is 0 Å². The minimum atomic E-state index is 0.128. The lowest BCUT2D eigenvalue weighted by Gasteiger charge is -2.13. The molecule has 0 spiro atoms. The number of methoxy groups -OCH3 is 1. The fraction of sp³-hybridized carbons (Fsp3) is 0.467. The van der Waals surface area contributed by atoms with Gasteiger partial charge >= 0.3 is 0 Å². The zero-order valence-corrected chi connectivity index (χ0v) is 13.3. The molecule has 108 valence electrons. The molecule has 2 rings (SSSR count). The van der Waals surface area contributed by atoms with Gasteiger partial charge in [-0.05, 0) is 5.56 Å². The smallest absolute Gasteiger partial charge is 0.212 e. The van der Waals surface area contributed by atoms with E-state index in [2.05, 4.69) is 36.1 Å². The number of hydrogen-bond donors (Lipinski definition) is 1. The van der Waals surface area contributed by atoms with Crippen LogP contribution in [0.25, 0.3) is 0 Å². The molecule has 0 aliphatic carbocycles. The summed E-state index contributed by atoms with van der Waals surface area (Å²) in [5, 5.41) is 4.59. The van der Waals surface area contributed by atoms with Crippen LogP contribution in [0.15, 0.2) is 24.5 Å². The minimum absolute atomic E-state index is 0.128. The van der Waals surface area contributed by atoms with Crippen molar-refractivity contribution in [3.05, 3.63) is 40.0 Å². The number of aromatic nitrogens is 2. The van der Waals surface area contributed by atoms with Gasteiger partial charge in [0.15, 0.2) is 0 Å². The third-order valence-corrected chi connectivity index (χ3v) is 4.25. The second-order valence-electron chi connectivity index (χ2n) is 5.69. The normalized spacial score (nSPS) is 11.6. The molecule has 0 bridgehead atoms. The van der Waals surface area contributed by atoms with E-state index < -0.39 is 0 Å². The zero-order chi connectivity index (χ0) is 14.6. The Hall–Kier alpha value is -1.46. The van der Waals surface area contributed by atoms with E-state index in [-0.39, 0.29) is 5.41 Å². The molecule has 5 heteroatoms. The van der Waals surface area contributed by atoms with E-state index >= 15 is 0 Å². The molecule has 0 aliphatic rings. The fourth-order valence-corrected chi connectivity index (χ4v) is 2.64. The molecule has 1 N–H and O–H groups in total. The van der Waals surface area contributed by atoms with Crippen molar-refractivity contribution >= 4 is 11.3 Å². The Morgan fingerprint density at radius 2 is 1.95 bits per heavy atom. The molecule has 4 nitrogen and oxygen atoms in total. The average molecular weight is 291 g/mol. The quantitative estimate of drug-likeness (QED) is 0.919. The lowest BCUT2D eigenvalue weighted by Crippen LogP contribution is -2.12. The Labute approximate surface area is 124 Å². The number of nitrogens with zero attached hydrogens (tertiary/aromatic N) is 2. The molecule has 2 aromatic rings. The molecule has 0 radical (unpaired) electrons. The van der Waals surface area contributed by atoms with E-state index in [9.17, 15) is 0 Å². The maximum absolute atomic E-state index is 5.04. The molecule has 20 heavy (non-hydrogen) atoms. The molecular weight excluding hydrogens is 270 g/mol. The Bertz CT molecular complexity index is 543. The van der Waals surface area contributed by atoms with Gasteiger partial charge < -0.3 is 10.1 Å². The number of hydrogen-bond acceptors (Lipinski definition) is 5. The molecule has 0 unspecified atom stereocenters. The summed E-state index contributed by atoms with van der Waals surface area (Å²) in [4.78, 5) is 9.93. The largest absolute Gasteiger partial charge is 0.481 e. The first-order valence-corrected chi connectivity index (χ1v) is 7.45. The summed E-state index contributed by atoms with van der Waals surface area (Å²) >= 11 is 1.77. The lowest BCUT2D eigenvalue weighted by molar-refractivity contribution is 0.397. The summed E-state index contributed by atoms with van der Waals surface area (Å²) in [6, 6.07) is 3.90. The van der Waals surface area contributed by atoms with E-state index in [1.807, 2.05) is 24.5 Å². The second kappa shape index (κ2) is 6.33. The van der Waals surface area contributed by atoms with Crippen molar-refractivity contribution in [2.75, 3.05) is 7.11 Å². The molecule has 0 amide bonds. The summed E-state index contributed by atoms with van der Waals surface area (Å²) in [6.45, 7) is 8.18. The minimum Gasteiger partial charge on any atom is -0.481 e. The second-order valence-corrected chi connectivity index (χ2v) is 6.81. The van der Waals surface area contributed by atoms with E-state index in [4.69, 9.17) is 4.74 Å². The van der Waals surface area contributed by atoms with Crippen LogP contribution in [0, 0.1) is 0 Å². The van der Waals surface area contributed by atoms with Gasteiger partial charge in [-0.25, -0.2) is 9.97 Å². The topological polar surface area (TPSA) is 47.0 Å². The van der Waals surface area contributed by atoms with Crippen molar-refractivity contribution in [1.29, 1.82) is 0 Å². The first-order valence-electron chi connectivity index (χ1n) is 6.64. The van der Waals surface area contributed by atoms with Gasteiger partial charge in [-0.15, -0.1) is 11.3 Å². The van der Waals surface area contributed by atoms with Gasteiger partial charge in [0, 0.05) is 41.8 Å². The first-order chi connectivity index (χ1) is 9.49. The van der Waals surface area contributed by atoms with Crippen molar-refractivity contribution in [3.63, 3.8) is 0 Å². The van der Waals surface area contributed by atoms with Crippen molar-refractivity contribution in [2.45, 2.75) is 39.3 Å². The maximum atomic E-state index is 5.04. The first kappa shape index (κ1) is 14.9. The third-order valence-electron chi connectivity index (χ3n) is 2.83. The van der Waals surface area contributed by atoms with Gasteiger partial charge in [-0.2, -0.15) is 0 Å². The molecule has 0 aromatic carbocycles. The monoisotopic (exact) mass is 291 g/mol. The van der Waals surface area contributed by atoms with E-state index in [0.29, 0.717) is 5.88 Å². The van der Waals surface area contributed by atoms with Gasteiger partial charge in [0.05, 0.1) is 12.1 Å². The molecule has 2 heterocycles. The third kappa shape index (κ3) is 4.02. The van der Waals surface area contributed by atoms with E-state index in [1.165, 1.54) is 9.88 Å². The van der Waals surface area contributed by atoms with Crippen LogP contribution in [0.5, 0.6) is 5.88 Å². The SMILES string of the molecule is COc1ccc(CNCc2cnc(C(C)(C)C)s2)cn1. The van der Waals surface area contributed by atoms with Crippen LogP contribution in [-0.4, -0.2) is 17.1 Å². The summed E-state index contributed by atoms with van der Waals surface area (Å²) in [6.07, 6.45) is 3.80. The van der Waals surface area contributed by atoms with Gasteiger partial charge in [-0.3, -0.25) is 0 Å². The molecule has 2 aromatic heterocycles. The fourth-order valence-electron chi connectivity index (χ4n) is 1.70. The molecule has 0 saturated carbocycles. The van der Waals surface area contributed by atoms with Crippen molar-refractivity contribution in [1.82, 2.24) is 15.3 Å². The maximum Gasteiger partial charge on any atom is 0.212 e. The summed E-state index contributed by atoms with van der Waals surface area (Å²) in [7, 11) is 1.62. The van der Waals surface area contributed by atoms with Gasteiger partial charge in [0.1, 0.15) is 0 Å². The van der Waals surface area contributed by atoms with Crippen LogP contribution in [0.3, 0.4) is 0 Å². The Morgan fingerprint density at radius 1 is 1.15 bits per heavy atom. The summed E-state index contributed by atoms with van der Waals surface area (Å²) in [5.74, 6) is 0.644. The van der Waals surface area contributed by atoms with Gasteiger partial charge in [-0.1, -0.05) is 26.8 Å². The van der Waals surface area contributed by atoms with Crippen LogP contribution in [-0.2, 0) is 18.5 Å². The van der Waals surface area contributed by atoms with E-state index in [0.717, 1.165) is 18.7 Å². The Balaban J connectivity index is 1.84. The highest BCUT2D eigenvalue weighted by atomic mass is 32.1. The molecular formula is C15H21N3OS. The predicted octanol–water partition coefficient (Wildman–Crippen LogP) is 3.13.